The van der Waals surface area contributed by atoms with E-state index in [-0.39, 0.29) is 11.9 Å². The number of hydrogen-bond acceptors (Lipinski definition) is 2. The van der Waals surface area contributed by atoms with Gasteiger partial charge in [-0.3, -0.25) is 9.69 Å². The lowest BCUT2D eigenvalue weighted by Crippen LogP contribution is -2.28. The van der Waals surface area contributed by atoms with Crippen LogP contribution in [0.4, 0.5) is 0 Å². The Morgan fingerprint density at radius 3 is 2.19 bits per heavy atom. The van der Waals surface area contributed by atoms with Gasteiger partial charge in [-0.25, -0.2) is 0 Å². The molecule has 1 aliphatic heterocycles. The number of carbonyl (C=O) groups is 1. The van der Waals surface area contributed by atoms with Crippen LogP contribution < -0.4 is 5.32 Å². The standard InChI is InChI=1S/C24H32N2O/c1-3-23(21-12-8-19(2)9-13-21)25-24(27)22-14-10-20(11-15-22)18-26-16-6-4-5-7-17-26/h8-15,23H,3-7,16-18H2,1-2H3,(H,25,27)/t23-/m1/s1. The molecule has 0 saturated carbocycles. The van der Waals surface area contributed by atoms with E-state index in [4.69, 9.17) is 0 Å². The third kappa shape index (κ3) is 5.67. The molecule has 1 N–H and O–H groups in total. The van der Waals surface area contributed by atoms with Crippen molar-refractivity contribution in [1.29, 1.82) is 0 Å². The van der Waals surface area contributed by atoms with Crippen LogP contribution in [0.25, 0.3) is 0 Å². The molecule has 3 rings (SSSR count). The number of rotatable bonds is 6. The first-order valence-electron chi connectivity index (χ1n) is 10.3. The Morgan fingerprint density at radius 2 is 1.59 bits per heavy atom. The predicted octanol–water partition coefficient (Wildman–Crippen LogP) is 5.25. The highest BCUT2D eigenvalue weighted by atomic mass is 16.1. The highest BCUT2D eigenvalue weighted by molar-refractivity contribution is 5.94. The normalized spacial score (nSPS) is 16.5. The van der Waals surface area contributed by atoms with E-state index in [9.17, 15) is 4.79 Å². The van der Waals surface area contributed by atoms with Crippen LogP contribution in [0.3, 0.4) is 0 Å². The minimum Gasteiger partial charge on any atom is -0.345 e. The molecule has 0 radical (unpaired) electrons. The Hall–Kier alpha value is -2.13. The van der Waals surface area contributed by atoms with Gasteiger partial charge in [0.05, 0.1) is 6.04 Å². The maximum atomic E-state index is 12.7. The van der Waals surface area contributed by atoms with E-state index in [1.165, 1.54) is 49.9 Å². The monoisotopic (exact) mass is 364 g/mol. The molecule has 2 aromatic rings. The summed E-state index contributed by atoms with van der Waals surface area (Å²) in [5.41, 5.74) is 4.42. The van der Waals surface area contributed by atoms with Gasteiger partial charge in [0.25, 0.3) is 5.91 Å². The van der Waals surface area contributed by atoms with Gasteiger partial charge in [0, 0.05) is 12.1 Å². The summed E-state index contributed by atoms with van der Waals surface area (Å²) in [6.07, 6.45) is 6.20. The van der Waals surface area contributed by atoms with Gasteiger partial charge in [0.2, 0.25) is 0 Å². The molecule has 0 unspecified atom stereocenters. The number of carbonyl (C=O) groups excluding carboxylic acids is 1. The Balaban J connectivity index is 1.60. The summed E-state index contributed by atoms with van der Waals surface area (Å²) in [5.74, 6) is 0.00347. The second-order valence-corrected chi connectivity index (χ2v) is 7.73. The largest absolute Gasteiger partial charge is 0.345 e. The zero-order valence-corrected chi connectivity index (χ0v) is 16.7. The van der Waals surface area contributed by atoms with Crippen LogP contribution in [0.15, 0.2) is 48.5 Å². The summed E-state index contributed by atoms with van der Waals surface area (Å²) < 4.78 is 0. The van der Waals surface area contributed by atoms with Crippen molar-refractivity contribution in [2.75, 3.05) is 13.1 Å². The molecular formula is C24H32N2O. The zero-order chi connectivity index (χ0) is 19.1. The minimum absolute atomic E-state index is 0.00347. The number of amides is 1. The van der Waals surface area contributed by atoms with Crippen molar-refractivity contribution in [1.82, 2.24) is 10.2 Å². The van der Waals surface area contributed by atoms with Gasteiger partial charge in [-0.1, -0.05) is 61.7 Å². The van der Waals surface area contributed by atoms with Crippen LogP contribution in [0, 0.1) is 6.92 Å². The number of nitrogens with one attached hydrogen (secondary N) is 1. The Bertz CT molecular complexity index is 713. The van der Waals surface area contributed by atoms with Gasteiger partial charge in [-0.15, -0.1) is 0 Å². The van der Waals surface area contributed by atoms with Crippen molar-refractivity contribution in [3.8, 4) is 0 Å². The molecule has 1 fully saturated rings. The number of aryl methyl sites for hydroxylation is 1. The number of nitrogens with zero attached hydrogens (tertiary/aromatic N) is 1. The number of likely N-dealkylation sites (tertiary alicyclic amines) is 1. The van der Waals surface area contributed by atoms with E-state index in [2.05, 4.69) is 60.5 Å². The Labute approximate surface area is 163 Å². The molecule has 1 atom stereocenters. The summed E-state index contributed by atoms with van der Waals surface area (Å²) in [6.45, 7) is 7.56. The topological polar surface area (TPSA) is 32.3 Å². The maximum Gasteiger partial charge on any atom is 0.251 e. The van der Waals surface area contributed by atoms with Gasteiger partial charge >= 0.3 is 0 Å². The molecule has 1 saturated heterocycles. The number of hydrogen-bond donors (Lipinski definition) is 1. The molecule has 2 aromatic carbocycles. The van der Waals surface area contributed by atoms with E-state index in [1.54, 1.807) is 0 Å². The molecule has 0 aliphatic carbocycles. The minimum atomic E-state index is 0.00347. The molecule has 27 heavy (non-hydrogen) atoms. The molecule has 0 spiro atoms. The maximum absolute atomic E-state index is 12.7. The third-order valence-electron chi connectivity index (χ3n) is 5.51. The van der Waals surface area contributed by atoms with E-state index in [1.807, 2.05) is 12.1 Å². The van der Waals surface area contributed by atoms with Crippen LogP contribution in [-0.2, 0) is 6.54 Å². The van der Waals surface area contributed by atoms with Crippen LogP contribution in [0.5, 0.6) is 0 Å². The molecule has 0 aromatic heterocycles. The first-order chi connectivity index (χ1) is 13.2. The molecule has 1 aliphatic rings. The quantitative estimate of drug-likeness (QED) is 0.759. The summed E-state index contributed by atoms with van der Waals surface area (Å²) in [6, 6.07) is 16.6. The van der Waals surface area contributed by atoms with Gasteiger partial charge in [0.15, 0.2) is 0 Å². The van der Waals surface area contributed by atoms with Gasteiger partial charge < -0.3 is 5.32 Å². The van der Waals surface area contributed by atoms with Crippen LogP contribution in [-0.4, -0.2) is 23.9 Å². The third-order valence-corrected chi connectivity index (χ3v) is 5.51. The van der Waals surface area contributed by atoms with Crippen molar-refractivity contribution in [2.45, 2.75) is 58.5 Å². The molecule has 3 nitrogen and oxygen atoms in total. The van der Waals surface area contributed by atoms with Crippen molar-refractivity contribution >= 4 is 5.91 Å². The van der Waals surface area contributed by atoms with Gasteiger partial charge in [0.1, 0.15) is 0 Å². The van der Waals surface area contributed by atoms with E-state index in [0.29, 0.717) is 0 Å². The van der Waals surface area contributed by atoms with Crippen molar-refractivity contribution in [3.05, 3.63) is 70.8 Å². The summed E-state index contributed by atoms with van der Waals surface area (Å²) in [7, 11) is 0. The van der Waals surface area contributed by atoms with Crippen molar-refractivity contribution < 1.29 is 4.79 Å². The Kier molecular flexibility index (Phi) is 7.05. The molecule has 0 bridgehead atoms. The second kappa shape index (κ2) is 9.70. The number of benzene rings is 2. The first-order valence-corrected chi connectivity index (χ1v) is 10.3. The first kappa shape index (κ1) is 19.6. The molecule has 144 valence electrons. The second-order valence-electron chi connectivity index (χ2n) is 7.73. The molecule has 3 heteroatoms. The SMILES string of the molecule is CC[C@@H](NC(=O)c1ccc(CN2CCCCCC2)cc1)c1ccc(C)cc1. The van der Waals surface area contributed by atoms with Crippen LogP contribution >= 0.6 is 0 Å². The fourth-order valence-electron chi connectivity index (χ4n) is 3.78. The fourth-order valence-corrected chi connectivity index (χ4v) is 3.78. The lowest BCUT2D eigenvalue weighted by Gasteiger charge is -2.20. The van der Waals surface area contributed by atoms with Crippen LogP contribution in [0.2, 0.25) is 0 Å². The summed E-state index contributed by atoms with van der Waals surface area (Å²) in [4.78, 5) is 15.2. The lowest BCUT2D eigenvalue weighted by atomic mass is 10.0. The van der Waals surface area contributed by atoms with Gasteiger partial charge in [-0.05, 0) is 62.5 Å². The average Bonchev–Trinajstić information content (AvgIpc) is 2.96. The molecular weight excluding hydrogens is 332 g/mol. The van der Waals surface area contributed by atoms with E-state index >= 15 is 0 Å². The average molecular weight is 365 g/mol. The highest BCUT2D eigenvalue weighted by Gasteiger charge is 2.15. The smallest absolute Gasteiger partial charge is 0.251 e. The van der Waals surface area contributed by atoms with Crippen molar-refractivity contribution in [3.63, 3.8) is 0 Å². The predicted molar refractivity (Wildman–Crippen MR) is 112 cm³/mol. The zero-order valence-electron chi connectivity index (χ0n) is 16.7. The Morgan fingerprint density at radius 1 is 0.963 bits per heavy atom. The summed E-state index contributed by atoms with van der Waals surface area (Å²) >= 11 is 0. The van der Waals surface area contributed by atoms with Gasteiger partial charge in [-0.2, -0.15) is 0 Å². The summed E-state index contributed by atoms with van der Waals surface area (Å²) in [5, 5.41) is 3.18. The highest BCUT2D eigenvalue weighted by Crippen LogP contribution is 2.19. The van der Waals surface area contributed by atoms with Crippen molar-refractivity contribution in [2.24, 2.45) is 0 Å². The van der Waals surface area contributed by atoms with Crippen LogP contribution in [0.1, 0.15) is 72.1 Å². The molecule has 1 amide bonds. The molecule has 1 heterocycles. The van der Waals surface area contributed by atoms with E-state index in [0.717, 1.165) is 24.1 Å². The fraction of sp³-hybridized carbons (Fsp3) is 0.458. The lowest BCUT2D eigenvalue weighted by molar-refractivity contribution is 0.0935. The van der Waals surface area contributed by atoms with E-state index < -0.39 is 0 Å².